The van der Waals surface area contributed by atoms with Gasteiger partial charge in [-0.2, -0.15) is 0 Å². The Morgan fingerprint density at radius 1 is 0.500 bits per heavy atom. The molecule has 0 amide bonds. The Morgan fingerprint density at radius 3 is 1.61 bits per heavy atom. The van der Waals surface area contributed by atoms with Crippen molar-refractivity contribution in [2.45, 2.75) is 13.0 Å². The Bertz CT molecular complexity index is 971. The minimum absolute atomic E-state index is 0.0885. The zero-order valence-corrected chi connectivity index (χ0v) is 16.6. The van der Waals surface area contributed by atoms with Crippen LogP contribution in [0.4, 0.5) is 0 Å². The molecule has 0 aliphatic rings. The monoisotopic (exact) mass is 382 g/mol. The van der Waals surface area contributed by atoms with E-state index in [-0.39, 0.29) is 6.61 Å². The highest BCUT2D eigenvalue weighted by atomic mass is 31.1. The van der Waals surface area contributed by atoms with Crippen molar-refractivity contribution in [2.24, 2.45) is 0 Å². The van der Waals surface area contributed by atoms with Crippen LogP contribution >= 0.6 is 7.92 Å². The molecule has 0 unspecified atom stereocenters. The minimum Gasteiger partial charge on any atom is -0.392 e. The molecule has 0 radical (unpaired) electrons. The molecule has 4 aromatic carbocycles. The molecule has 0 atom stereocenters. The lowest BCUT2D eigenvalue weighted by Crippen LogP contribution is -2.20. The van der Waals surface area contributed by atoms with Gasteiger partial charge in [-0.15, -0.1) is 0 Å². The average Bonchev–Trinajstić information content (AvgIpc) is 2.77. The van der Waals surface area contributed by atoms with Crippen molar-refractivity contribution in [3.05, 3.63) is 126 Å². The van der Waals surface area contributed by atoms with Gasteiger partial charge in [-0.1, -0.05) is 109 Å². The van der Waals surface area contributed by atoms with E-state index in [1.165, 1.54) is 27.0 Å². The molecule has 1 N–H and O–H groups in total. The van der Waals surface area contributed by atoms with Gasteiger partial charge < -0.3 is 5.11 Å². The normalized spacial score (nSPS) is 10.9. The average molecular weight is 382 g/mol. The number of hydrogen-bond donors (Lipinski definition) is 1. The predicted molar refractivity (Wildman–Crippen MR) is 120 cm³/mol. The first-order valence-electron chi connectivity index (χ1n) is 9.51. The van der Waals surface area contributed by atoms with E-state index in [2.05, 4.69) is 97.1 Å². The van der Waals surface area contributed by atoms with E-state index in [1.807, 2.05) is 12.1 Å². The summed E-state index contributed by atoms with van der Waals surface area (Å²) in [5.74, 6) is 0. The molecule has 4 rings (SSSR count). The smallest absolute Gasteiger partial charge is 0.0681 e. The zero-order valence-electron chi connectivity index (χ0n) is 15.7. The highest BCUT2D eigenvalue weighted by Crippen LogP contribution is 2.32. The molecule has 2 heteroatoms. The maximum atomic E-state index is 9.34. The Labute approximate surface area is 168 Å². The summed E-state index contributed by atoms with van der Waals surface area (Å²) < 4.78 is 0. The van der Waals surface area contributed by atoms with Crippen molar-refractivity contribution in [3.63, 3.8) is 0 Å². The van der Waals surface area contributed by atoms with Gasteiger partial charge in [0.2, 0.25) is 0 Å². The second-order valence-electron chi connectivity index (χ2n) is 6.83. The lowest BCUT2D eigenvalue weighted by molar-refractivity contribution is 0.281. The third-order valence-corrected chi connectivity index (χ3v) is 7.25. The van der Waals surface area contributed by atoms with Gasteiger partial charge in [-0.05, 0) is 46.9 Å². The number of aliphatic hydroxyl groups is 1. The van der Waals surface area contributed by atoms with E-state index in [4.69, 9.17) is 0 Å². The molecule has 0 aliphatic carbocycles. The Morgan fingerprint density at radius 2 is 1.04 bits per heavy atom. The van der Waals surface area contributed by atoms with Gasteiger partial charge in [-0.25, -0.2) is 0 Å². The van der Waals surface area contributed by atoms with Gasteiger partial charge in [-0.3, -0.25) is 0 Å². The summed E-state index contributed by atoms with van der Waals surface area (Å²) in [6.45, 7) is 0.0885. The number of rotatable bonds is 6. The van der Waals surface area contributed by atoms with Gasteiger partial charge in [0, 0.05) is 0 Å². The molecular weight excluding hydrogens is 359 g/mol. The summed E-state index contributed by atoms with van der Waals surface area (Å²) in [7, 11) is -0.558. The molecule has 1 nitrogen and oxygen atoms in total. The van der Waals surface area contributed by atoms with Crippen LogP contribution in [0, 0.1) is 0 Å². The SMILES string of the molecule is OCc1cccc(Cc2ccc(P(c3ccccc3)c3ccccc3)cc2)c1. The second kappa shape index (κ2) is 8.97. The fourth-order valence-electron chi connectivity index (χ4n) is 3.44. The Kier molecular flexibility index (Phi) is 5.97. The highest BCUT2D eigenvalue weighted by Gasteiger charge is 2.15. The molecule has 0 aromatic heterocycles. The topological polar surface area (TPSA) is 20.2 Å². The zero-order chi connectivity index (χ0) is 19.2. The molecule has 0 saturated carbocycles. The quantitative estimate of drug-likeness (QED) is 0.486. The van der Waals surface area contributed by atoms with Crippen LogP contribution in [0.25, 0.3) is 0 Å². The number of benzene rings is 4. The summed E-state index contributed by atoms with van der Waals surface area (Å²) >= 11 is 0. The Hall–Kier alpha value is -2.73. The largest absolute Gasteiger partial charge is 0.392 e. The maximum Gasteiger partial charge on any atom is 0.0681 e. The highest BCUT2D eigenvalue weighted by molar-refractivity contribution is 7.79. The van der Waals surface area contributed by atoms with Crippen molar-refractivity contribution >= 4 is 23.8 Å². The molecular formula is C26H23OP. The van der Waals surface area contributed by atoms with Crippen LogP contribution in [0.2, 0.25) is 0 Å². The molecule has 0 aliphatic heterocycles. The van der Waals surface area contributed by atoms with Gasteiger partial charge in [0.15, 0.2) is 0 Å². The van der Waals surface area contributed by atoms with E-state index < -0.39 is 7.92 Å². The first-order valence-corrected chi connectivity index (χ1v) is 10.9. The van der Waals surface area contributed by atoms with Crippen molar-refractivity contribution in [1.29, 1.82) is 0 Å². The Balaban J connectivity index is 1.63. The molecule has 0 spiro atoms. The summed E-state index contributed by atoms with van der Waals surface area (Å²) in [5, 5.41) is 13.4. The van der Waals surface area contributed by atoms with Crippen molar-refractivity contribution in [1.82, 2.24) is 0 Å². The maximum absolute atomic E-state index is 9.34. The third-order valence-electron chi connectivity index (χ3n) is 4.81. The first-order chi connectivity index (χ1) is 13.8. The van der Waals surface area contributed by atoms with Crippen molar-refractivity contribution < 1.29 is 5.11 Å². The standard InChI is InChI=1S/C26H23OP/c27-20-23-9-7-8-22(19-23)18-21-14-16-26(17-15-21)28(24-10-3-1-4-11-24)25-12-5-2-6-13-25/h1-17,19,27H,18,20H2. The van der Waals surface area contributed by atoms with E-state index in [1.54, 1.807) is 0 Å². The predicted octanol–water partition coefficient (Wildman–Crippen LogP) is 4.53. The molecule has 138 valence electrons. The molecule has 4 aromatic rings. The van der Waals surface area contributed by atoms with Crippen molar-refractivity contribution in [2.75, 3.05) is 0 Å². The molecule has 28 heavy (non-hydrogen) atoms. The van der Waals surface area contributed by atoms with E-state index in [0.717, 1.165) is 12.0 Å². The minimum atomic E-state index is -0.558. The fourth-order valence-corrected chi connectivity index (χ4v) is 5.72. The second-order valence-corrected chi connectivity index (χ2v) is 9.05. The molecule has 0 heterocycles. The van der Waals surface area contributed by atoms with Crippen molar-refractivity contribution in [3.8, 4) is 0 Å². The van der Waals surface area contributed by atoms with Gasteiger partial charge in [0.1, 0.15) is 0 Å². The van der Waals surface area contributed by atoms with Gasteiger partial charge >= 0.3 is 0 Å². The van der Waals surface area contributed by atoms with Gasteiger partial charge in [0.25, 0.3) is 0 Å². The van der Waals surface area contributed by atoms with Crippen LogP contribution < -0.4 is 15.9 Å². The molecule has 0 fully saturated rings. The van der Waals surface area contributed by atoms with Crippen LogP contribution in [-0.2, 0) is 13.0 Å². The molecule has 0 bridgehead atoms. The van der Waals surface area contributed by atoms with Crippen LogP contribution in [0.1, 0.15) is 16.7 Å². The summed E-state index contributed by atoms with van der Waals surface area (Å²) in [6, 6.07) is 38.7. The summed E-state index contributed by atoms with van der Waals surface area (Å²) in [4.78, 5) is 0. The van der Waals surface area contributed by atoms with E-state index >= 15 is 0 Å². The molecule has 0 saturated heterocycles. The summed E-state index contributed by atoms with van der Waals surface area (Å²) in [6.07, 6.45) is 0.878. The summed E-state index contributed by atoms with van der Waals surface area (Å²) in [5.41, 5.74) is 3.48. The number of aliphatic hydroxyl groups excluding tert-OH is 1. The van der Waals surface area contributed by atoms with Crippen LogP contribution in [-0.4, -0.2) is 5.11 Å². The van der Waals surface area contributed by atoms with Crippen LogP contribution in [0.15, 0.2) is 109 Å². The first kappa shape index (κ1) is 18.6. The van der Waals surface area contributed by atoms with E-state index in [0.29, 0.717) is 0 Å². The van der Waals surface area contributed by atoms with Crippen LogP contribution in [0.5, 0.6) is 0 Å². The lowest BCUT2D eigenvalue weighted by Gasteiger charge is -2.19. The van der Waals surface area contributed by atoms with Gasteiger partial charge in [0.05, 0.1) is 6.61 Å². The lowest BCUT2D eigenvalue weighted by atomic mass is 10.0. The third kappa shape index (κ3) is 4.39. The van der Waals surface area contributed by atoms with Crippen LogP contribution in [0.3, 0.4) is 0 Å². The number of hydrogen-bond acceptors (Lipinski definition) is 1. The fraction of sp³-hybridized carbons (Fsp3) is 0.0769. The van der Waals surface area contributed by atoms with E-state index in [9.17, 15) is 5.11 Å².